The first kappa shape index (κ1) is 14.7. The van der Waals surface area contributed by atoms with Crippen LogP contribution in [-0.2, 0) is 10.0 Å². The summed E-state index contributed by atoms with van der Waals surface area (Å²) < 4.78 is 27.7. The average molecular weight is 310 g/mol. The first-order valence-electron chi connectivity index (χ1n) is 5.64. The van der Waals surface area contributed by atoms with E-state index in [0.717, 1.165) is 15.5 Å². The molecule has 5 nitrogen and oxygen atoms in total. The Hall–Kier alpha value is -1.70. The zero-order valence-electron chi connectivity index (χ0n) is 10.7. The van der Waals surface area contributed by atoms with Crippen molar-refractivity contribution >= 4 is 27.5 Å². The number of primary sulfonamides is 1. The molecule has 0 saturated heterocycles. The number of methoxy groups -OCH3 is 1. The monoisotopic (exact) mass is 310 g/mol. The van der Waals surface area contributed by atoms with Gasteiger partial charge in [0.05, 0.1) is 12.8 Å². The molecule has 0 spiro atoms. The van der Waals surface area contributed by atoms with Crippen molar-refractivity contribution in [3.8, 4) is 5.75 Å². The van der Waals surface area contributed by atoms with Gasteiger partial charge in [-0.05, 0) is 36.4 Å². The highest BCUT2D eigenvalue weighted by molar-refractivity contribution is 7.99. The molecular weight excluding hydrogens is 296 g/mol. The molecule has 0 fully saturated rings. The van der Waals surface area contributed by atoms with Gasteiger partial charge in [-0.2, -0.15) is 0 Å². The van der Waals surface area contributed by atoms with E-state index in [-0.39, 0.29) is 10.6 Å². The van der Waals surface area contributed by atoms with E-state index in [4.69, 9.17) is 15.6 Å². The maximum absolute atomic E-state index is 11.3. The Kier molecular flexibility index (Phi) is 4.22. The van der Waals surface area contributed by atoms with Gasteiger partial charge < -0.3 is 10.5 Å². The molecule has 7 heteroatoms. The van der Waals surface area contributed by atoms with Crippen LogP contribution in [0.15, 0.2) is 57.2 Å². The lowest BCUT2D eigenvalue weighted by molar-refractivity contribution is 0.413. The van der Waals surface area contributed by atoms with E-state index < -0.39 is 10.0 Å². The van der Waals surface area contributed by atoms with E-state index in [1.54, 1.807) is 19.2 Å². The molecule has 2 aromatic carbocycles. The topological polar surface area (TPSA) is 95.4 Å². The van der Waals surface area contributed by atoms with Crippen LogP contribution >= 0.6 is 11.8 Å². The fraction of sp³-hybridized carbons (Fsp3) is 0.0769. The number of nitrogens with two attached hydrogens (primary N) is 2. The van der Waals surface area contributed by atoms with Crippen LogP contribution in [0.3, 0.4) is 0 Å². The second kappa shape index (κ2) is 5.74. The van der Waals surface area contributed by atoms with Crippen LogP contribution in [0, 0.1) is 0 Å². The van der Waals surface area contributed by atoms with Crippen LogP contribution < -0.4 is 15.6 Å². The van der Waals surface area contributed by atoms with E-state index in [1.807, 2.05) is 24.3 Å². The van der Waals surface area contributed by atoms with Gasteiger partial charge in [0.1, 0.15) is 10.6 Å². The Bertz CT molecular complexity index is 730. The SMILES string of the molecule is COc1cccc(Sc2ccc(S(N)(=O)=O)c(N)c2)c1. The second-order valence-electron chi connectivity index (χ2n) is 4.03. The second-order valence-corrected chi connectivity index (χ2v) is 6.70. The molecule has 0 aliphatic carbocycles. The summed E-state index contributed by atoms with van der Waals surface area (Å²) in [6, 6.07) is 12.2. The summed E-state index contributed by atoms with van der Waals surface area (Å²) in [4.78, 5) is 1.72. The number of rotatable bonds is 4. The van der Waals surface area contributed by atoms with Gasteiger partial charge in [-0.1, -0.05) is 17.8 Å². The molecule has 0 atom stereocenters. The Labute approximate surface area is 122 Å². The van der Waals surface area contributed by atoms with Crippen molar-refractivity contribution in [2.45, 2.75) is 14.7 Å². The van der Waals surface area contributed by atoms with Crippen LogP contribution in [0.2, 0.25) is 0 Å². The summed E-state index contributed by atoms with van der Waals surface area (Å²) in [5.74, 6) is 0.754. The molecule has 2 aromatic rings. The zero-order chi connectivity index (χ0) is 14.8. The minimum Gasteiger partial charge on any atom is -0.497 e. The summed E-state index contributed by atoms with van der Waals surface area (Å²) >= 11 is 1.45. The van der Waals surface area contributed by atoms with Gasteiger partial charge >= 0.3 is 0 Å². The Morgan fingerprint density at radius 2 is 1.80 bits per heavy atom. The minimum atomic E-state index is -3.79. The van der Waals surface area contributed by atoms with Crippen molar-refractivity contribution in [1.82, 2.24) is 0 Å². The van der Waals surface area contributed by atoms with E-state index in [1.165, 1.54) is 17.8 Å². The molecule has 2 rings (SSSR count). The van der Waals surface area contributed by atoms with Crippen molar-refractivity contribution in [3.05, 3.63) is 42.5 Å². The van der Waals surface area contributed by atoms with Gasteiger partial charge in [0.25, 0.3) is 0 Å². The summed E-state index contributed by atoms with van der Waals surface area (Å²) in [6.07, 6.45) is 0. The average Bonchev–Trinajstić information content (AvgIpc) is 2.37. The lowest BCUT2D eigenvalue weighted by Crippen LogP contribution is -2.14. The van der Waals surface area contributed by atoms with Gasteiger partial charge in [-0.15, -0.1) is 0 Å². The fourth-order valence-corrected chi connectivity index (χ4v) is 3.21. The van der Waals surface area contributed by atoms with Crippen molar-refractivity contribution in [1.29, 1.82) is 0 Å². The van der Waals surface area contributed by atoms with E-state index in [0.29, 0.717) is 0 Å². The molecule has 20 heavy (non-hydrogen) atoms. The number of sulfonamides is 1. The number of hydrogen-bond donors (Lipinski definition) is 2. The van der Waals surface area contributed by atoms with Crippen LogP contribution in [0.4, 0.5) is 5.69 Å². The molecule has 0 unspecified atom stereocenters. The predicted molar refractivity (Wildman–Crippen MR) is 79.3 cm³/mol. The molecule has 0 saturated carbocycles. The third kappa shape index (κ3) is 3.44. The molecule has 0 aliphatic heterocycles. The highest BCUT2D eigenvalue weighted by atomic mass is 32.2. The molecule has 0 aromatic heterocycles. The van der Waals surface area contributed by atoms with Gasteiger partial charge in [-0.25, -0.2) is 13.6 Å². The summed E-state index contributed by atoms with van der Waals surface area (Å²) in [7, 11) is -2.19. The normalized spacial score (nSPS) is 11.3. The molecule has 0 amide bonds. The van der Waals surface area contributed by atoms with Crippen LogP contribution in [0.1, 0.15) is 0 Å². The largest absolute Gasteiger partial charge is 0.497 e. The maximum Gasteiger partial charge on any atom is 0.240 e. The molecule has 0 aliphatic rings. The van der Waals surface area contributed by atoms with E-state index in [9.17, 15) is 8.42 Å². The Balaban J connectivity index is 2.29. The van der Waals surface area contributed by atoms with Crippen molar-refractivity contribution in [3.63, 3.8) is 0 Å². The first-order chi connectivity index (χ1) is 9.40. The van der Waals surface area contributed by atoms with Crippen molar-refractivity contribution in [2.24, 2.45) is 5.14 Å². The number of hydrogen-bond acceptors (Lipinski definition) is 5. The van der Waals surface area contributed by atoms with Crippen LogP contribution in [0.5, 0.6) is 5.75 Å². The highest BCUT2D eigenvalue weighted by Gasteiger charge is 2.12. The van der Waals surface area contributed by atoms with Gasteiger partial charge in [-0.3, -0.25) is 0 Å². The lowest BCUT2D eigenvalue weighted by atomic mass is 10.3. The predicted octanol–water partition coefficient (Wildman–Crippen LogP) is 2.08. The summed E-state index contributed by atoms with van der Waals surface area (Å²) in [6.45, 7) is 0. The highest BCUT2D eigenvalue weighted by Crippen LogP contribution is 2.32. The van der Waals surface area contributed by atoms with E-state index in [2.05, 4.69) is 0 Å². The number of anilines is 1. The number of ether oxygens (including phenoxy) is 1. The minimum absolute atomic E-state index is 0.0625. The standard InChI is InChI=1S/C13H14N2O3S2/c1-18-9-3-2-4-10(7-9)19-11-5-6-13(12(14)8-11)20(15,16)17/h2-8H,14H2,1H3,(H2,15,16,17). The summed E-state index contributed by atoms with van der Waals surface area (Å²) in [5, 5.41) is 5.07. The van der Waals surface area contributed by atoms with Crippen molar-refractivity contribution in [2.75, 3.05) is 12.8 Å². The smallest absolute Gasteiger partial charge is 0.240 e. The van der Waals surface area contributed by atoms with Crippen LogP contribution in [-0.4, -0.2) is 15.5 Å². The van der Waals surface area contributed by atoms with Gasteiger partial charge in [0, 0.05) is 9.79 Å². The molecule has 0 heterocycles. The zero-order valence-corrected chi connectivity index (χ0v) is 12.4. The molecule has 0 radical (unpaired) electrons. The van der Waals surface area contributed by atoms with Crippen molar-refractivity contribution < 1.29 is 13.2 Å². The first-order valence-corrected chi connectivity index (χ1v) is 8.00. The quantitative estimate of drug-likeness (QED) is 0.843. The third-order valence-electron chi connectivity index (χ3n) is 2.56. The molecular formula is C13H14N2O3S2. The van der Waals surface area contributed by atoms with Crippen LogP contribution in [0.25, 0.3) is 0 Å². The lowest BCUT2D eigenvalue weighted by Gasteiger charge is -2.07. The molecule has 0 bridgehead atoms. The number of nitrogen functional groups attached to an aromatic ring is 1. The van der Waals surface area contributed by atoms with Gasteiger partial charge in [0.15, 0.2) is 0 Å². The Morgan fingerprint density at radius 3 is 2.40 bits per heavy atom. The molecule has 106 valence electrons. The summed E-state index contributed by atoms with van der Waals surface area (Å²) in [5.41, 5.74) is 5.86. The fourth-order valence-electron chi connectivity index (χ4n) is 1.65. The third-order valence-corrected chi connectivity index (χ3v) is 4.53. The van der Waals surface area contributed by atoms with Gasteiger partial charge in [0.2, 0.25) is 10.0 Å². The number of benzene rings is 2. The Morgan fingerprint density at radius 1 is 1.10 bits per heavy atom. The molecule has 4 N–H and O–H groups in total. The maximum atomic E-state index is 11.3. The van der Waals surface area contributed by atoms with E-state index >= 15 is 0 Å².